The van der Waals surface area contributed by atoms with Gasteiger partial charge in [-0.25, -0.2) is 9.97 Å². The van der Waals surface area contributed by atoms with Crippen LogP contribution < -0.4 is 20.7 Å². The van der Waals surface area contributed by atoms with Crippen molar-refractivity contribution in [2.45, 2.75) is 65.1 Å². The summed E-state index contributed by atoms with van der Waals surface area (Å²) in [4.78, 5) is 50.8. The average molecular weight is 630 g/mol. The van der Waals surface area contributed by atoms with Gasteiger partial charge in [0, 0.05) is 30.0 Å². The zero-order valence-corrected chi connectivity index (χ0v) is 26.8. The number of fused-ring (bicyclic) bond motifs is 1. The molecule has 1 saturated heterocycles. The number of hydrogen-bond acceptors (Lipinski definition) is 8. The SMILES string of the molecule is CN[C@@H](C)C(=O)N[C@H](C(=O)N1CCC[C@H]1C(=O)Cc1cc2c(Nc3cccc(Cl)c3Cl)ncnc2cc1OC)C(C)(C)C. The van der Waals surface area contributed by atoms with Crippen LogP contribution in [0.5, 0.6) is 5.75 Å². The van der Waals surface area contributed by atoms with E-state index in [0.29, 0.717) is 63.2 Å². The fourth-order valence-corrected chi connectivity index (χ4v) is 5.52. The van der Waals surface area contributed by atoms with Crippen LogP contribution in [0.15, 0.2) is 36.7 Å². The lowest BCUT2D eigenvalue weighted by molar-refractivity contribution is -0.143. The Bertz CT molecular complexity index is 1530. The highest BCUT2D eigenvalue weighted by Crippen LogP contribution is 2.35. The van der Waals surface area contributed by atoms with E-state index >= 15 is 0 Å². The number of Topliss-reactive ketones (excluding diaryl/α,β-unsaturated/α-hetero) is 1. The number of ketones is 1. The lowest BCUT2D eigenvalue weighted by atomic mass is 9.85. The molecule has 0 aliphatic carbocycles. The highest BCUT2D eigenvalue weighted by molar-refractivity contribution is 6.43. The van der Waals surface area contributed by atoms with Crippen LogP contribution in [0.1, 0.15) is 46.1 Å². The third kappa shape index (κ3) is 7.20. The second kappa shape index (κ2) is 13.4. The Morgan fingerprint density at radius 1 is 1.16 bits per heavy atom. The molecule has 0 radical (unpaired) electrons. The summed E-state index contributed by atoms with van der Waals surface area (Å²) in [6.45, 7) is 7.87. The summed E-state index contributed by atoms with van der Waals surface area (Å²) in [6, 6.07) is 6.97. The molecule has 1 fully saturated rings. The molecule has 0 saturated carbocycles. The normalized spacial score (nSPS) is 16.6. The predicted octanol–water partition coefficient (Wildman–Crippen LogP) is 4.93. The van der Waals surface area contributed by atoms with Gasteiger partial charge in [0.2, 0.25) is 11.8 Å². The van der Waals surface area contributed by atoms with Gasteiger partial charge in [-0.3, -0.25) is 14.4 Å². The van der Waals surface area contributed by atoms with E-state index in [1.165, 1.54) is 13.4 Å². The van der Waals surface area contributed by atoms with E-state index in [9.17, 15) is 14.4 Å². The van der Waals surface area contributed by atoms with Crippen LogP contribution in [0.2, 0.25) is 10.0 Å². The Hall–Kier alpha value is -3.47. The molecule has 1 aliphatic heterocycles. The van der Waals surface area contributed by atoms with E-state index in [1.54, 1.807) is 43.1 Å². The van der Waals surface area contributed by atoms with E-state index < -0.39 is 23.5 Å². The average Bonchev–Trinajstić information content (AvgIpc) is 3.47. The summed E-state index contributed by atoms with van der Waals surface area (Å²) < 4.78 is 5.64. The summed E-state index contributed by atoms with van der Waals surface area (Å²) in [7, 11) is 3.22. The third-order valence-corrected chi connectivity index (χ3v) is 8.56. The Morgan fingerprint density at radius 3 is 2.58 bits per heavy atom. The number of hydrogen-bond donors (Lipinski definition) is 3. The molecule has 3 N–H and O–H groups in total. The molecule has 4 rings (SSSR count). The number of halogens is 2. The van der Waals surface area contributed by atoms with Gasteiger partial charge in [0.05, 0.1) is 40.4 Å². The monoisotopic (exact) mass is 628 g/mol. The molecule has 3 aromatic rings. The Morgan fingerprint density at radius 2 is 1.91 bits per heavy atom. The molecule has 3 atom stereocenters. The maximum absolute atomic E-state index is 13.8. The highest BCUT2D eigenvalue weighted by atomic mass is 35.5. The lowest BCUT2D eigenvalue weighted by Crippen LogP contribution is -2.58. The maximum Gasteiger partial charge on any atom is 0.246 e. The van der Waals surface area contributed by atoms with Crippen molar-refractivity contribution in [2.24, 2.45) is 5.41 Å². The number of likely N-dealkylation sites (N-methyl/N-ethyl adjacent to an activating group) is 1. The van der Waals surface area contributed by atoms with Crippen LogP contribution in [0.3, 0.4) is 0 Å². The first kappa shape index (κ1) is 32.4. The minimum Gasteiger partial charge on any atom is -0.496 e. The molecule has 0 spiro atoms. The molecule has 1 aromatic heterocycles. The van der Waals surface area contributed by atoms with Crippen molar-refractivity contribution in [1.82, 2.24) is 25.5 Å². The molecule has 2 heterocycles. The van der Waals surface area contributed by atoms with E-state index in [2.05, 4.69) is 25.9 Å². The molecule has 0 bridgehead atoms. The first-order valence-corrected chi connectivity index (χ1v) is 14.9. The van der Waals surface area contributed by atoms with Crippen LogP contribution in [0.4, 0.5) is 11.5 Å². The Balaban J connectivity index is 1.61. The molecular formula is C31H38Cl2N6O4. The van der Waals surface area contributed by atoms with Crippen LogP contribution in [-0.4, -0.2) is 71.3 Å². The summed E-state index contributed by atoms with van der Waals surface area (Å²) in [5, 5.41) is 10.4. The fraction of sp³-hybridized carbons (Fsp3) is 0.452. The molecule has 230 valence electrons. The zero-order valence-electron chi connectivity index (χ0n) is 25.3. The van der Waals surface area contributed by atoms with Gasteiger partial charge >= 0.3 is 0 Å². The minimum atomic E-state index is -0.788. The van der Waals surface area contributed by atoms with Crippen molar-refractivity contribution in [3.05, 3.63) is 52.3 Å². The summed E-state index contributed by atoms with van der Waals surface area (Å²) in [5.74, 6) is 0.342. The largest absolute Gasteiger partial charge is 0.496 e. The summed E-state index contributed by atoms with van der Waals surface area (Å²) in [5.41, 5.74) is 1.26. The minimum absolute atomic E-state index is 0.0309. The van der Waals surface area contributed by atoms with E-state index in [1.807, 2.05) is 26.8 Å². The second-order valence-electron chi connectivity index (χ2n) is 11.8. The Labute approximate surface area is 261 Å². The van der Waals surface area contributed by atoms with Gasteiger partial charge in [-0.1, -0.05) is 50.0 Å². The summed E-state index contributed by atoms with van der Waals surface area (Å²) in [6.07, 6.45) is 2.69. The molecule has 1 aliphatic rings. The number of nitrogens with zero attached hydrogens (tertiary/aromatic N) is 3. The molecular weight excluding hydrogens is 591 g/mol. The number of nitrogens with one attached hydrogen (secondary N) is 3. The first-order valence-electron chi connectivity index (χ1n) is 14.2. The van der Waals surface area contributed by atoms with Crippen LogP contribution in [-0.2, 0) is 20.8 Å². The second-order valence-corrected chi connectivity index (χ2v) is 12.6. The number of anilines is 2. The number of ether oxygens (including phenoxy) is 1. The molecule has 0 unspecified atom stereocenters. The van der Waals surface area contributed by atoms with Crippen molar-refractivity contribution >= 4 is 63.2 Å². The quantitative estimate of drug-likeness (QED) is 0.289. The van der Waals surface area contributed by atoms with Gasteiger partial charge in [0.1, 0.15) is 23.9 Å². The number of aromatic nitrogens is 2. The third-order valence-electron chi connectivity index (χ3n) is 7.74. The van der Waals surface area contributed by atoms with Crippen molar-refractivity contribution in [2.75, 3.05) is 26.0 Å². The van der Waals surface area contributed by atoms with Gasteiger partial charge in [0.15, 0.2) is 5.78 Å². The highest BCUT2D eigenvalue weighted by Gasteiger charge is 2.42. The molecule has 12 heteroatoms. The predicted molar refractivity (Wildman–Crippen MR) is 169 cm³/mol. The van der Waals surface area contributed by atoms with Crippen molar-refractivity contribution < 1.29 is 19.1 Å². The Kier molecular flexibility index (Phi) is 10.1. The molecule has 2 aromatic carbocycles. The number of likely N-dealkylation sites (tertiary alicyclic amines) is 1. The van der Waals surface area contributed by atoms with E-state index in [-0.39, 0.29) is 24.0 Å². The molecule has 10 nitrogen and oxygen atoms in total. The maximum atomic E-state index is 13.8. The number of rotatable bonds is 10. The number of carbonyl (C=O) groups is 3. The number of amides is 2. The van der Waals surface area contributed by atoms with Crippen molar-refractivity contribution in [1.29, 1.82) is 0 Å². The van der Waals surface area contributed by atoms with Gasteiger partial charge in [-0.2, -0.15) is 0 Å². The van der Waals surface area contributed by atoms with Gasteiger partial charge < -0.3 is 25.6 Å². The number of benzene rings is 2. The van der Waals surface area contributed by atoms with Gasteiger partial charge in [-0.05, 0) is 50.4 Å². The topological polar surface area (TPSA) is 126 Å². The van der Waals surface area contributed by atoms with Crippen molar-refractivity contribution in [3.63, 3.8) is 0 Å². The summed E-state index contributed by atoms with van der Waals surface area (Å²) >= 11 is 12.6. The standard InChI is InChI=1S/C31H38Cl2N6O4/c1-17(34-5)29(41)38-27(31(2,3)4)30(42)39-12-8-11-23(39)24(40)14-18-13-19-22(15-25(18)43-6)35-16-36-28(19)37-21-10-7-9-20(32)26(21)33/h7,9-10,13,15-17,23,27,34H,8,11-12,14H2,1-6H3,(H,38,41)(H,35,36,37)/t17-,23-,27+/m0/s1. The van der Waals surface area contributed by atoms with Gasteiger partial charge in [0.25, 0.3) is 0 Å². The van der Waals surface area contributed by atoms with Crippen LogP contribution in [0, 0.1) is 5.41 Å². The number of methoxy groups -OCH3 is 1. The fourth-order valence-electron chi connectivity index (χ4n) is 5.17. The van der Waals surface area contributed by atoms with Crippen molar-refractivity contribution in [3.8, 4) is 5.75 Å². The molecule has 43 heavy (non-hydrogen) atoms. The number of carbonyl (C=O) groups excluding carboxylic acids is 3. The first-order chi connectivity index (χ1) is 20.3. The van der Waals surface area contributed by atoms with Crippen LogP contribution >= 0.6 is 23.2 Å². The van der Waals surface area contributed by atoms with Gasteiger partial charge in [-0.15, -0.1) is 0 Å². The van der Waals surface area contributed by atoms with Crippen LogP contribution in [0.25, 0.3) is 10.9 Å². The van der Waals surface area contributed by atoms with E-state index in [0.717, 1.165) is 0 Å². The molecule has 2 amide bonds. The smallest absolute Gasteiger partial charge is 0.246 e. The lowest BCUT2D eigenvalue weighted by Gasteiger charge is -2.36. The van der Waals surface area contributed by atoms with E-state index in [4.69, 9.17) is 27.9 Å². The zero-order chi connectivity index (χ0) is 31.5.